The van der Waals surface area contributed by atoms with Crippen LogP contribution in [0.15, 0.2) is 36.4 Å². The fraction of sp³-hybridized carbons (Fsp3) is 0.200. The van der Waals surface area contributed by atoms with E-state index in [2.05, 4.69) is 5.32 Å². The lowest BCUT2D eigenvalue weighted by atomic mass is 10.1. The normalized spacial score (nSPS) is 10.3. The summed E-state index contributed by atoms with van der Waals surface area (Å²) in [5.41, 5.74) is 2.31. The molecule has 0 heterocycles. The molecule has 0 fully saturated rings. The minimum absolute atomic E-state index is 0.0530. The number of hydrogen-bond acceptors (Lipinski definition) is 3. The molecule has 2 aromatic carbocycles. The second kappa shape index (κ2) is 5.61. The number of phenols is 1. The largest absolute Gasteiger partial charge is 0.504 e. The molecule has 3 nitrogen and oxygen atoms in total. The Morgan fingerprint density at radius 2 is 2.00 bits per heavy atom. The molecule has 100 valence electrons. The van der Waals surface area contributed by atoms with Crippen molar-refractivity contribution in [3.63, 3.8) is 0 Å². The number of nitrogens with one attached hydrogen (secondary N) is 1. The third-order valence-electron chi connectivity index (χ3n) is 2.86. The lowest BCUT2D eigenvalue weighted by molar-refractivity contribution is 0.373. The zero-order valence-corrected chi connectivity index (χ0v) is 10.9. The first-order chi connectivity index (χ1) is 9.10. The number of anilines is 1. The van der Waals surface area contributed by atoms with Gasteiger partial charge in [-0.1, -0.05) is 17.7 Å². The molecule has 0 atom stereocenters. The van der Waals surface area contributed by atoms with E-state index >= 15 is 0 Å². The SMILES string of the molecule is COc1ccc(NCc2cc(C)ccc2F)cc1O. The molecule has 0 saturated heterocycles. The topological polar surface area (TPSA) is 41.5 Å². The number of aromatic hydroxyl groups is 1. The Hall–Kier alpha value is -2.23. The average molecular weight is 261 g/mol. The first kappa shape index (κ1) is 13.2. The van der Waals surface area contributed by atoms with E-state index in [0.29, 0.717) is 23.5 Å². The summed E-state index contributed by atoms with van der Waals surface area (Å²) in [4.78, 5) is 0. The summed E-state index contributed by atoms with van der Waals surface area (Å²) >= 11 is 0. The highest BCUT2D eigenvalue weighted by atomic mass is 19.1. The molecule has 2 aromatic rings. The number of aryl methyl sites for hydroxylation is 1. The van der Waals surface area contributed by atoms with E-state index in [9.17, 15) is 9.50 Å². The van der Waals surface area contributed by atoms with Crippen LogP contribution in [-0.4, -0.2) is 12.2 Å². The Morgan fingerprint density at radius 1 is 1.21 bits per heavy atom. The van der Waals surface area contributed by atoms with Gasteiger partial charge in [-0.3, -0.25) is 0 Å². The molecule has 0 amide bonds. The minimum atomic E-state index is -0.240. The molecular weight excluding hydrogens is 245 g/mol. The molecule has 2 N–H and O–H groups in total. The van der Waals surface area contributed by atoms with Crippen LogP contribution in [0.3, 0.4) is 0 Å². The predicted molar refractivity (Wildman–Crippen MR) is 73.1 cm³/mol. The van der Waals surface area contributed by atoms with Crippen LogP contribution >= 0.6 is 0 Å². The molecule has 4 heteroatoms. The number of rotatable bonds is 4. The fourth-order valence-corrected chi connectivity index (χ4v) is 1.84. The quantitative estimate of drug-likeness (QED) is 0.885. The van der Waals surface area contributed by atoms with Gasteiger partial charge in [0.2, 0.25) is 0 Å². The van der Waals surface area contributed by atoms with Gasteiger partial charge in [0, 0.05) is 23.9 Å². The van der Waals surface area contributed by atoms with Gasteiger partial charge >= 0.3 is 0 Å². The number of hydrogen-bond donors (Lipinski definition) is 2. The van der Waals surface area contributed by atoms with Crippen molar-refractivity contribution >= 4 is 5.69 Å². The first-order valence-corrected chi connectivity index (χ1v) is 5.96. The maximum absolute atomic E-state index is 13.6. The van der Waals surface area contributed by atoms with Crippen molar-refractivity contribution in [2.24, 2.45) is 0 Å². The maximum atomic E-state index is 13.6. The van der Waals surface area contributed by atoms with Gasteiger partial charge in [-0.15, -0.1) is 0 Å². The Morgan fingerprint density at radius 3 is 2.68 bits per heavy atom. The smallest absolute Gasteiger partial charge is 0.160 e. The Kier molecular flexibility index (Phi) is 3.90. The summed E-state index contributed by atoms with van der Waals surface area (Å²) in [7, 11) is 1.49. The third-order valence-corrected chi connectivity index (χ3v) is 2.86. The van der Waals surface area contributed by atoms with Crippen molar-refractivity contribution < 1.29 is 14.2 Å². The van der Waals surface area contributed by atoms with E-state index in [0.717, 1.165) is 5.56 Å². The lowest BCUT2D eigenvalue weighted by Crippen LogP contribution is -2.02. The van der Waals surface area contributed by atoms with Crippen molar-refractivity contribution in [1.82, 2.24) is 0 Å². The molecule has 19 heavy (non-hydrogen) atoms. The molecule has 0 aliphatic rings. The van der Waals surface area contributed by atoms with E-state index in [1.165, 1.54) is 13.2 Å². The maximum Gasteiger partial charge on any atom is 0.160 e. The van der Waals surface area contributed by atoms with E-state index in [1.54, 1.807) is 30.3 Å². The predicted octanol–water partition coefficient (Wildman–Crippen LogP) is 3.46. The summed E-state index contributed by atoms with van der Waals surface area (Å²) in [6.45, 7) is 2.28. The first-order valence-electron chi connectivity index (χ1n) is 5.96. The second-order valence-corrected chi connectivity index (χ2v) is 4.34. The summed E-state index contributed by atoms with van der Waals surface area (Å²) in [6, 6.07) is 9.96. The number of benzene rings is 2. The molecule has 0 aromatic heterocycles. The second-order valence-electron chi connectivity index (χ2n) is 4.34. The van der Waals surface area contributed by atoms with Gasteiger partial charge < -0.3 is 15.2 Å². The molecule has 0 aliphatic heterocycles. The lowest BCUT2D eigenvalue weighted by Gasteiger charge is -2.10. The van der Waals surface area contributed by atoms with Crippen molar-refractivity contribution in [3.8, 4) is 11.5 Å². The van der Waals surface area contributed by atoms with Gasteiger partial charge in [0.25, 0.3) is 0 Å². The molecule has 2 rings (SSSR count). The molecular formula is C15H16FNO2. The fourth-order valence-electron chi connectivity index (χ4n) is 1.84. The number of methoxy groups -OCH3 is 1. The van der Waals surface area contributed by atoms with E-state index in [4.69, 9.17) is 4.74 Å². The van der Waals surface area contributed by atoms with Gasteiger partial charge in [-0.25, -0.2) is 4.39 Å². The zero-order valence-electron chi connectivity index (χ0n) is 10.9. The van der Waals surface area contributed by atoms with Crippen LogP contribution in [0.4, 0.5) is 10.1 Å². The van der Waals surface area contributed by atoms with Gasteiger partial charge in [0.15, 0.2) is 11.5 Å². The Balaban J connectivity index is 2.10. The summed E-state index contributed by atoms with van der Waals surface area (Å²) in [5.74, 6) is 0.223. The van der Waals surface area contributed by atoms with Gasteiger partial charge in [0.1, 0.15) is 5.82 Å². The molecule has 0 spiro atoms. The van der Waals surface area contributed by atoms with Gasteiger partial charge in [-0.05, 0) is 25.1 Å². The van der Waals surface area contributed by atoms with Crippen molar-refractivity contribution in [2.75, 3.05) is 12.4 Å². The summed E-state index contributed by atoms with van der Waals surface area (Å²) in [5, 5.41) is 12.7. The van der Waals surface area contributed by atoms with Crippen LogP contribution in [0, 0.1) is 12.7 Å². The van der Waals surface area contributed by atoms with Crippen LogP contribution in [0.1, 0.15) is 11.1 Å². The molecule has 0 bridgehead atoms. The van der Waals surface area contributed by atoms with E-state index in [1.807, 2.05) is 6.92 Å². The van der Waals surface area contributed by atoms with Crippen molar-refractivity contribution in [2.45, 2.75) is 13.5 Å². The Bertz CT molecular complexity index is 584. The standard InChI is InChI=1S/C15H16FNO2/c1-10-3-5-13(16)11(7-10)9-17-12-4-6-15(19-2)14(18)8-12/h3-8,17-18H,9H2,1-2H3. The third kappa shape index (κ3) is 3.16. The number of phenolic OH excluding ortho intramolecular Hbond substituents is 1. The minimum Gasteiger partial charge on any atom is -0.504 e. The van der Waals surface area contributed by atoms with E-state index in [-0.39, 0.29) is 11.6 Å². The van der Waals surface area contributed by atoms with Crippen molar-refractivity contribution in [1.29, 1.82) is 0 Å². The highest BCUT2D eigenvalue weighted by Crippen LogP contribution is 2.28. The highest BCUT2D eigenvalue weighted by molar-refractivity contribution is 5.54. The number of halogens is 1. The van der Waals surface area contributed by atoms with Crippen LogP contribution < -0.4 is 10.1 Å². The zero-order chi connectivity index (χ0) is 13.8. The van der Waals surface area contributed by atoms with Crippen LogP contribution in [0.2, 0.25) is 0 Å². The van der Waals surface area contributed by atoms with Crippen LogP contribution in [-0.2, 0) is 6.54 Å². The summed E-state index contributed by atoms with van der Waals surface area (Å²) in [6.07, 6.45) is 0. The Labute approximate surface area is 111 Å². The monoisotopic (exact) mass is 261 g/mol. The van der Waals surface area contributed by atoms with Crippen LogP contribution in [0.25, 0.3) is 0 Å². The van der Waals surface area contributed by atoms with Gasteiger partial charge in [-0.2, -0.15) is 0 Å². The summed E-state index contributed by atoms with van der Waals surface area (Å²) < 4.78 is 18.5. The van der Waals surface area contributed by atoms with Crippen molar-refractivity contribution in [3.05, 3.63) is 53.3 Å². The molecule has 0 saturated carbocycles. The highest BCUT2D eigenvalue weighted by Gasteiger charge is 2.04. The van der Waals surface area contributed by atoms with Crippen LogP contribution in [0.5, 0.6) is 11.5 Å². The molecule has 0 radical (unpaired) electrons. The average Bonchev–Trinajstić information content (AvgIpc) is 2.40. The molecule has 0 aliphatic carbocycles. The van der Waals surface area contributed by atoms with E-state index < -0.39 is 0 Å². The van der Waals surface area contributed by atoms with Gasteiger partial charge in [0.05, 0.1) is 7.11 Å². The number of ether oxygens (including phenoxy) is 1. The molecule has 0 unspecified atom stereocenters.